The maximum atomic E-state index is 6.17. The quantitative estimate of drug-likeness (QED) is 0.700. The Balaban J connectivity index is 2.02. The molecule has 0 bridgehead atoms. The minimum Gasteiger partial charge on any atom is -0.370 e. The molecule has 0 amide bonds. The Morgan fingerprint density at radius 2 is 2.00 bits per heavy atom. The van der Waals surface area contributed by atoms with Crippen molar-refractivity contribution in [2.45, 2.75) is 57.7 Å². The van der Waals surface area contributed by atoms with Gasteiger partial charge in [-0.15, -0.1) is 0 Å². The number of ether oxygens (including phenoxy) is 1. The lowest BCUT2D eigenvalue weighted by Gasteiger charge is -2.41. The molecule has 1 aliphatic carbocycles. The van der Waals surface area contributed by atoms with Crippen LogP contribution in [-0.4, -0.2) is 18.2 Å². The van der Waals surface area contributed by atoms with Gasteiger partial charge in [-0.05, 0) is 43.9 Å². The minimum absolute atomic E-state index is 0.205. The van der Waals surface area contributed by atoms with Gasteiger partial charge in [0.1, 0.15) is 0 Å². The van der Waals surface area contributed by atoms with Crippen LogP contribution in [-0.2, 0) is 4.74 Å². The molecule has 0 unspecified atom stereocenters. The maximum absolute atomic E-state index is 6.17. The molecule has 1 aliphatic heterocycles. The highest BCUT2D eigenvalue weighted by molar-refractivity contribution is 4.96. The first-order valence-electron chi connectivity index (χ1n) is 6.04. The highest BCUT2D eigenvalue weighted by atomic mass is 16.5. The smallest absolute Gasteiger partial charge is 0.0713 e. The van der Waals surface area contributed by atoms with Crippen molar-refractivity contribution in [1.29, 1.82) is 0 Å². The van der Waals surface area contributed by atoms with Gasteiger partial charge in [-0.2, -0.15) is 0 Å². The Kier molecular flexibility index (Phi) is 2.85. The van der Waals surface area contributed by atoms with Crippen LogP contribution in [0.15, 0.2) is 0 Å². The molecule has 2 nitrogen and oxygen atoms in total. The number of rotatable bonds is 1. The van der Waals surface area contributed by atoms with Crippen molar-refractivity contribution in [2.24, 2.45) is 17.6 Å². The van der Waals surface area contributed by atoms with Gasteiger partial charge in [0.05, 0.1) is 11.7 Å². The lowest BCUT2D eigenvalue weighted by atomic mass is 9.71. The highest BCUT2D eigenvalue weighted by Gasteiger charge is 2.46. The third-order valence-electron chi connectivity index (χ3n) is 4.27. The van der Waals surface area contributed by atoms with Gasteiger partial charge in [0.2, 0.25) is 0 Å². The first-order valence-corrected chi connectivity index (χ1v) is 6.04. The summed E-state index contributed by atoms with van der Waals surface area (Å²) in [7, 11) is 0. The molecule has 2 fully saturated rings. The van der Waals surface area contributed by atoms with E-state index in [-0.39, 0.29) is 5.60 Å². The van der Waals surface area contributed by atoms with E-state index in [0.29, 0.717) is 12.6 Å². The van der Waals surface area contributed by atoms with E-state index in [9.17, 15) is 0 Å². The van der Waals surface area contributed by atoms with Gasteiger partial charge in [-0.25, -0.2) is 0 Å². The first kappa shape index (κ1) is 10.4. The van der Waals surface area contributed by atoms with Gasteiger partial charge in [0, 0.05) is 6.54 Å². The second kappa shape index (κ2) is 3.82. The molecule has 0 aromatic heterocycles. The Morgan fingerprint density at radius 1 is 1.29 bits per heavy atom. The fraction of sp³-hybridized carbons (Fsp3) is 1.00. The molecule has 1 saturated heterocycles. The molecule has 0 aromatic rings. The predicted molar refractivity (Wildman–Crippen MR) is 58.1 cm³/mol. The van der Waals surface area contributed by atoms with Crippen LogP contribution in [0.1, 0.15) is 46.0 Å². The van der Waals surface area contributed by atoms with Crippen molar-refractivity contribution in [3.63, 3.8) is 0 Å². The number of hydrogen-bond donors (Lipinski definition) is 1. The van der Waals surface area contributed by atoms with Crippen LogP contribution in [0.5, 0.6) is 0 Å². The molecule has 14 heavy (non-hydrogen) atoms. The molecule has 4 atom stereocenters. The van der Waals surface area contributed by atoms with Crippen molar-refractivity contribution >= 4 is 0 Å². The van der Waals surface area contributed by atoms with Crippen LogP contribution in [0.25, 0.3) is 0 Å². The van der Waals surface area contributed by atoms with Gasteiger partial charge in [0.25, 0.3) is 0 Å². The molecule has 82 valence electrons. The van der Waals surface area contributed by atoms with Crippen molar-refractivity contribution < 1.29 is 4.74 Å². The van der Waals surface area contributed by atoms with Crippen LogP contribution < -0.4 is 5.73 Å². The summed E-state index contributed by atoms with van der Waals surface area (Å²) in [5.41, 5.74) is 5.88. The van der Waals surface area contributed by atoms with E-state index in [2.05, 4.69) is 13.8 Å². The van der Waals surface area contributed by atoms with E-state index in [0.717, 1.165) is 11.8 Å². The molecule has 2 aliphatic rings. The largest absolute Gasteiger partial charge is 0.370 e. The minimum atomic E-state index is 0.205. The summed E-state index contributed by atoms with van der Waals surface area (Å²) in [5, 5.41) is 0. The Labute approximate surface area is 87.2 Å². The average molecular weight is 197 g/mol. The van der Waals surface area contributed by atoms with Crippen molar-refractivity contribution in [3.8, 4) is 0 Å². The van der Waals surface area contributed by atoms with Crippen molar-refractivity contribution in [2.75, 3.05) is 6.54 Å². The van der Waals surface area contributed by atoms with Gasteiger partial charge in [-0.3, -0.25) is 0 Å². The first-order chi connectivity index (χ1) is 6.66. The summed E-state index contributed by atoms with van der Waals surface area (Å²) in [6.45, 7) is 5.41. The van der Waals surface area contributed by atoms with Crippen LogP contribution >= 0.6 is 0 Å². The molecule has 2 heteroatoms. The van der Waals surface area contributed by atoms with E-state index in [1.165, 1.54) is 32.1 Å². The second-order valence-electron chi connectivity index (χ2n) is 5.36. The van der Waals surface area contributed by atoms with Gasteiger partial charge in [0.15, 0.2) is 0 Å². The average Bonchev–Trinajstić information content (AvgIpc) is 2.58. The fourth-order valence-corrected chi connectivity index (χ4v) is 3.24. The molecule has 2 rings (SSSR count). The van der Waals surface area contributed by atoms with Crippen molar-refractivity contribution in [1.82, 2.24) is 0 Å². The lowest BCUT2D eigenvalue weighted by molar-refractivity contribution is -0.0999. The Hall–Kier alpha value is -0.0800. The summed E-state index contributed by atoms with van der Waals surface area (Å²) >= 11 is 0. The molecule has 0 radical (unpaired) electrons. The third-order valence-corrected chi connectivity index (χ3v) is 4.27. The molecule has 1 saturated carbocycles. The molecular weight excluding hydrogens is 174 g/mol. The van der Waals surface area contributed by atoms with Crippen LogP contribution in [0.2, 0.25) is 0 Å². The molecule has 1 heterocycles. The fourth-order valence-electron chi connectivity index (χ4n) is 3.24. The zero-order valence-electron chi connectivity index (χ0n) is 9.46. The third kappa shape index (κ3) is 1.70. The monoisotopic (exact) mass is 197 g/mol. The van der Waals surface area contributed by atoms with Crippen LogP contribution in [0, 0.1) is 11.8 Å². The SMILES string of the molecule is C[C@@H]1CC[C@]2(CC[C@@H](CN)O2)[C@@H](C)C1. The van der Waals surface area contributed by atoms with E-state index in [4.69, 9.17) is 10.5 Å². The summed E-state index contributed by atoms with van der Waals surface area (Å²) in [6.07, 6.45) is 6.67. The maximum Gasteiger partial charge on any atom is 0.0713 e. The number of nitrogens with two attached hydrogens (primary N) is 1. The summed E-state index contributed by atoms with van der Waals surface area (Å²) in [5.74, 6) is 1.61. The topological polar surface area (TPSA) is 35.2 Å². The van der Waals surface area contributed by atoms with Crippen molar-refractivity contribution in [3.05, 3.63) is 0 Å². The second-order valence-corrected chi connectivity index (χ2v) is 5.36. The van der Waals surface area contributed by atoms with Crippen LogP contribution in [0.3, 0.4) is 0 Å². The summed E-state index contributed by atoms with van der Waals surface area (Å²) in [4.78, 5) is 0. The predicted octanol–water partition coefficient (Wildman–Crippen LogP) is 2.32. The molecule has 2 N–H and O–H groups in total. The highest BCUT2D eigenvalue weighted by Crippen LogP contribution is 2.46. The normalized spacial score (nSPS) is 48.6. The summed E-state index contributed by atoms with van der Waals surface area (Å²) < 4.78 is 6.17. The van der Waals surface area contributed by atoms with Gasteiger partial charge in [-0.1, -0.05) is 13.8 Å². The van der Waals surface area contributed by atoms with Gasteiger partial charge < -0.3 is 10.5 Å². The summed E-state index contributed by atoms with van der Waals surface area (Å²) in [6, 6.07) is 0. The molecule has 0 aromatic carbocycles. The zero-order valence-corrected chi connectivity index (χ0v) is 9.46. The zero-order chi connectivity index (χ0) is 10.2. The number of hydrogen-bond acceptors (Lipinski definition) is 2. The van der Waals surface area contributed by atoms with E-state index in [1.807, 2.05) is 0 Å². The van der Waals surface area contributed by atoms with Crippen LogP contribution in [0.4, 0.5) is 0 Å². The Bertz CT molecular complexity index is 206. The van der Waals surface area contributed by atoms with E-state index >= 15 is 0 Å². The standard InChI is InChI=1S/C12H23NO/c1-9-3-5-12(10(2)7-9)6-4-11(8-13)14-12/h9-11H,3-8,13H2,1-2H3/t9-,10+,11+,12+/m1/s1. The van der Waals surface area contributed by atoms with Gasteiger partial charge >= 0.3 is 0 Å². The van der Waals surface area contributed by atoms with E-state index < -0.39 is 0 Å². The Morgan fingerprint density at radius 3 is 2.57 bits per heavy atom. The van der Waals surface area contributed by atoms with E-state index in [1.54, 1.807) is 0 Å². The molecule has 1 spiro atoms. The molecular formula is C12H23NO. The lowest BCUT2D eigenvalue weighted by Crippen LogP contribution is -2.42.